The molecule has 1 aromatic rings. The monoisotopic (exact) mass is 261 g/mol. The first-order chi connectivity index (χ1) is 8.40. The van der Waals surface area contributed by atoms with Crippen LogP contribution in [0.1, 0.15) is 18.9 Å². The van der Waals surface area contributed by atoms with E-state index in [1.165, 1.54) is 0 Å². The molecule has 3 nitrogen and oxygen atoms in total. The Morgan fingerprint density at radius 2 is 2.11 bits per heavy atom. The molecule has 0 bridgehead atoms. The van der Waals surface area contributed by atoms with Crippen LogP contribution in [0.25, 0.3) is 0 Å². The van der Waals surface area contributed by atoms with Crippen LogP contribution < -0.4 is 5.32 Å². The number of rotatable bonds is 6. The highest BCUT2D eigenvalue weighted by Crippen LogP contribution is 2.20. The Morgan fingerprint density at radius 3 is 2.72 bits per heavy atom. The number of hydrogen-bond acceptors (Lipinski definition) is 3. The van der Waals surface area contributed by atoms with E-state index in [1.807, 2.05) is 19.1 Å². The third-order valence-electron chi connectivity index (χ3n) is 2.41. The summed E-state index contributed by atoms with van der Waals surface area (Å²) in [5.41, 5.74) is 0.950. The van der Waals surface area contributed by atoms with Crippen molar-refractivity contribution in [2.75, 3.05) is 25.5 Å². The van der Waals surface area contributed by atoms with E-state index < -0.39 is 12.6 Å². The molecule has 0 fully saturated rings. The van der Waals surface area contributed by atoms with Gasteiger partial charge in [0.05, 0.1) is 6.42 Å². The van der Waals surface area contributed by atoms with Gasteiger partial charge in [0.25, 0.3) is 0 Å². The minimum absolute atomic E-state index is 0.00234. The lowest BCUT2D eigenvalue weighted by molar-refractivity contribution is -0.137. The third kappa shape index (κ3) is 5.86. The van der Waals surface area contributed by atoms with Crippen molar-refractivity contribution < 1.29 is 13.2 Å². The highest BCUT2D eigenvalue weighted by Gasteiger charge is 2.26. The summed E-state index contributed by atoms with van der Waals surface area (Å²) in [6.45, 7) is 3.21. The predicted octanol–water partition coefficient (Wildman–Crippen LogP) is 2.90. The number of alkyl halides is 3. The van der Waals surface area contributed by atoms with Crippen LogP contribution in [0.5, 0.6) is 0 Å². The summed E-state index contributed by atoms with van der Waals surface area (Å²) in [5.74, 6) is 0.749. The van der Waals surface area contributed by atoms with E-state index in [0.29, 0.717) is 6.54 Å². The van der Waals surface area contributed by atoms with Gasteiger partial charge in [-0.25, -0.2) is 4.98 Å². The second-order valence-corrected chi connectivity index (χ2v) is 4.18. The smallest absolute Gasteiger partial charge is 0.370 e. The lowest BCUT2D eigenvalue weighted by Crippen LogP contribution is -2.24. The van der Waals surface area contributed by atoms with Crippen molar-refractivity contribution in [3.05, 3.63) is 23.9 Å². The molecule has 1 aromatic heterocycles. The van der Waals surface area contributed by atoms with Gasteiger partial charge < -0.3 is 10.2 Å². The summed E-state index contributed by atoms with van der Waals surface area (Å²) in [6.07, 6.45) is -3.22. The van der Waals surface area contributed by atoms with Crippen LogP contribution in [0.4, 0.5) is 19.0 Å². The van der Waals surface area contributed by atoms with Gasteiger partial charge in [0.1, 0.15) is 5.82 Å². The zero-order chi connectivity index (χ0) is 13.6. The van der Waals surface area contributed by atoms with E-state index >= 15 is 0 Å². The first-order valence-electron chi connectivity index (χ1n) is 5.85. The normalized spacial score (nSPS) is 11.9. The molecular weight excluding hydrogens is 243 g/mol. The number of aromatic nitrogens is 1. The average Bonchev–Trinajstić information content (AvgIpc) is 2.26. The lowest BCUT2D eigenvalue weighted by Gasteiger charge is -2.18. The molecule has 18 heavy (non-hydrogen) atoms. The molecule has 0 unspecified atom stereocenters. The molecule has 0 radical (unpaired) electrons. The minimum atomic E-state index is -4.10. The molecular formula is C12H18F3N3. The molecule has 1 rings (SSSR count). The van der Waals surface area contributed by atoms with E-state index in [9.17, 15) is 13.2 Å². The van der Waals surface area contributed by atoms with Crippen molar-refractivity contribution in [2.45, 2.75) is 26.1 Å². The highest BCUT2D eigenvalue weighted by atomic mass is 19.4. The Kier molecular flexibility index (Phi) is 5.40. The fourth-order valence-corrected chi connectivity index (χ4v) is 1.56. The van der Waals surface area contributed by atoms with Gasteiger partial charge in [-0.2, -0.15) is 13.2 Å². The van der Waals surface area contributed by atoms with Crippen LogP contribution in [0, 0.1) is 0 Å². The topological polar surface area (TPSA) is 28.2 Å². The molecule has 0 atom stereocenters. The molecule has 0 aliphatic rings. The SMILES string of the molecule is CCNc1cc(CN(C)CCC(F)(F)F)ccn1. The Balaban J connectivity index is 2.48. The molecule has 0 aromatic carbocycles. The fraction of sp³-hybridized carbons (Fsp3) is 0.583. The van der Waals surface area contributed by atoms with Gasteiger partial charge in [0.2, 0.25) is 0 Å². The second-order valence-electron chi connectivity index (χ2n) is 4.18. The summed E-state index contributed by atoms with van der Waals surface area (Å²) in [6, 6.07) is 3.67. The molecule has 102 valence electrons. The van der Waals surface area contributed by atoms with Crippen molar-refractivity contribution >= 4 is 5.82 Å². The van der Waals surface area contributed by atoms with Gasteiger partial charge in [0, 0.05) is 25.8 Å². The molecule has 0 saturated heterocycles. The quantitative estimate of drug-likeness (QED) is 0.853. The maximum atomic E-state index is 12.1. The van der Waals surface area contributed by atoms with Crippen LogP contribution in [0.2, 0.25) is 0 Å². The highest BCUT2D eigenvalue weighted by molar-refractivity contribution is 5.37. The number of hydrogen-bond donors (Lipinski definition) is 1. The van der Waals surface area contributed by atoms with Gasteiger partial charge in [0.15, 0.2) is 0 Å². The van der Waals surface area contributed by atoms with E-state index in [-0.39, 0.29) is 6.54 Å². The average molecular weight is 261 g/mol. The predicted molar refractivity (Wildman–Crippen MR) is 65.4 cm³/mol. The van der Waals surface area contributed by atoms with E-state index in [2.05, 4.69) is 10.3 Å². The Bertz CT molecular complexity index is 366. The number of nitrogens with one attached hydrogen (secondary N) is 1. The lowest BCUT2D eigenvalue weighted by atomic mass is 10.2. The summed E-state index contributed by atoms with van der Waals surface area (Å²) in [4.78, 5) is 5.76. The Labute approximate surface area is 105 Å². The van der Waals surface area contributed by atoms with E-state index in [1.54, 1.807) is 18.1 Å². The first-order valence-corrected chi connectivity index (χ1v) is 5.85. The zero-order valence-corrected chi connectivity index (χ0v) is 10.6. The molecule has 1 N–H and O–H groups in total. The first kappa shape index (κ1) is 14.8. The maximum absolute atomic E-state index is 12.1. The molecule has 0 aliphatic heterocycles. The summed E-state index contributed by atoms with van der Waals surface area (Å²) >= 11 is 0. The third-order valence-corrected chi connectivity index (χ3v) is 2.41. The number of anilines is 1. The van der Waals surface area contributed by atoms with E-state index in [4.69, 9.17) is 0 Å². The van der Waals surface area contributed by atoms with Crippen molar-refractivity contribution in [1.29, 1.82) is 0 Å². The van der Waals surface area contributed by atoms with Gasteiger partial charge in [-0.05, 0) is 31.7 Å². The number of pyridine rings is 1. The van der Waals surface area contributed by atoms with Crippen LogP contribution in [-0.2, 0) is 6.54 Å². The van der Waals surface area contributed by atoms with Gasteiger partial charge in [-0.3, -0.25) is 0 Å². The molecule has 0 aliphatic carbocycles. The molecule has 6 heteroatoms. The molecule has 0 amide bonds. The van der Waals surface area contributed by atoms with Crippen LogP contribution in [0.15, 0.2) is 18.3 Å². The van der Waals surface area contributed by atoms with Crippen molar-refractivity contribution in [2.24, 2.45) is 0 Å². The van der Waals surface area contributed by atoms with Gasteiger partial charge in [-0.15, -0.1) is 0 Å². The number of nitrogens with zero attached hydrogens (tertiary/aromatic N) is 2. The second kappa shape index (κ2) is 6.58. The van der Waals surface area contributed by atoms with Crippen LogP contribution in [-0.4, -0.2) is 36.2 Å². The summed E-state index contributed by atoms with van der Waals surface area (Å²) in [7, 11) is 1.68. The van der Waals surface area contributed by atoms with Crippen molar-refractivity contribution in [1.82, 2.24) is 9.88 Å². The number of halogens is 3. The Hall–Kier alpha value is -1.30. The van der Waals surface area contributed by atoms with Crippen LogP contribution >= 0.6 is 0 Å². The molecule has 0 saturated carbocycles. The summed E-state index contributed by atoms with van der Waals surface area (Å²) < 4.78 is 36.2. The minimum Gasteiger partial charge on any atom is -0.370 e. The molecule has 1 heterocycles. The van der Waals surface area contributed by atoms with Crippen LogP contribution in [0.3, 0.4) is 0 Å². The summed E-state index contributed by atoms with van der Waals surface area (Å²) in [5, 5.41) is 3.07. The zero-order valence-electron chi connectivity index (χ0n) is 10.6. The van der Waals surface area contributed by atoms with Crippen molar-refractivity contribution in [3.63, 3.8) is 0 Å². The van der Waals surface area contributed by atoms with Gasteiger partial charge >= 0.3 is 6.18 Å². The largest absolute Gasteiger partial charge is 0.390 e. The molecule has 0 spiro atoms. The van der Waals surface area contributed by atoms with Crippen molar-refractivity contribution in [3.8, 4) is 0 Å². The fourth-order valence-electron chi connectivity index (χ4n) is 1.56. The maximum Gasteiger partial charge on any atom is 0.390 e. The Morgan fingerprint density at radius 1 is 1.39 bits per heavy atom. The standard InChI is InChI=1S/C12H18F3N3/c1-3-16-11-8-10(4-6-17-11)9-18(2)7-5-12(13,14)15/h4,6,8H,3,5,7,9H2,1-2H3,(H,16,17). The van der Waals surface area contributed by atoms with Gasteiger partial charge in [-0.1, -0.05) is 0 Å². The van der Waals surface area contributed by atoms with E-state index in [0.717, 1.165) is 17.9 Å².